The lowest BCUT2D eigenvalue weighted by Gasteiger charge is -2.12. The lowest BCUT2D eigenvalue weighted by Crippen LogP contribution is -2.21. The quantitative estimate of drug-likeness (QED) is 0.301. The van der Waals surface area contributed by atoms with Crippen molar-refractivity contribution in [1.82, 2.24) is 14.3 Å². The molecule has 0 aliphatic rings. The van der Waals surface area contributed by atoms with Crippen LogP contribution in [0.5, 0.6) is 0 Å². The fourth-order valence-electron chi connectivity index (χ4n) is 3.89. The fourth-order valence-corrected chi connectivity index (χ4v) is 3.89. The average Bonchev–Trinajstić information content (AvgIpc) is 3.12. The normalized spacial score (nSPS) is 11.0. The maximum absolute atomic E-state index is 13.7. The van der Waals surface area contributed by atoms with E-state index in [1.54, 1.807) is 23.0 Å². The van der Waals surface area contributed by atoms with Gasteiger partial charge in [0.2, 0.25) is 0 Å². The minimum atomic E-state index is -0.428. The zero-order chi connectivity index (χ0) is 22.1. The molecule has 156 valence electrons. The van der Waals surface area contributed by atoms with E-state index in [2.05, 4.69) is 4.98 Å². The average molecular weight is 422 g/mol. The number of aromatic nitrogens is 3. The zero-order valence-electron chi connectivity index (χ0n) is 17.0. The van der Waals surface area contributed by atoms with Crippen LogP contribution in [0.3, 0.4) is 0 Å². The van der Waals surface area contributed by atoms with E-state index in [1.165, 1.54) is 12.1 Å². The first-order chi connectivity index (χ1) is 15.6. The van der Waals surface area contributed by atoms with Gasteiger partial charge in [-0.15, -0.1) is 0 Å². The van der Waals surface area contributed by atoms with E-state index in [4.69, 9.17) is 0 Å². The van der Waals surface area contributed by atoms with Gasteiger partial charge in [0.1, 0.15) is 0 Å². The molecule has 7 heteroatoms. The molecule has 0 amide bonds. The molecular formula is C25H18N4O3. The van der Waals surface area contributed by atoms with Gasteiger partial charge in [-0.05, 0) is 34.9 Å². The van der Waals surface area contributed by atoms with Crippen LogP contribution in [0.1, 0.15) is 5.56 Å². The Balaban J connectivity index is 1.75. The van der Waals surface area contributed by atoms with Crippen LogP contribution in [0.2, 0.25) is 0 Å². The molecule has 0 bridgehead atoms. The molecule has 3 aromatic carbocycles. The number of para-hydroxylation sites is 1. The summed E-state index contributed by atoms with van der Waals surface area (Å²) in [6, 6.07) is 27.3. The molecule has 0 aliphatic carbocycles. The molecule has 2 aromatic heterocycles. The van der Waals surface area contributed by atoms with Gasteiger partial charge >= 0.3 is 0 Å². The molecule has 0 fully saturated rings. The summed E-state index contributed by atoms with van der Waals surface area (Å²) in [6.07, 6.45) is 1.70. The van der Waals surface area contributed by atoms with Gasteiger partial charge in [0.05, 0.1) is 22.5 Å². The number of nitro groups is 1. The van der Waals surface area contributed by atoms with Crippen molar-refractivity contribution in [3.63, 3.8) is 0 Å². The minimum Gasteiger partial charge on any atom is -0.267 e. The summed E-state index contributed by atoms with van der Waals surface area (Å²) < 4.78 is 3.44. The summed E-state index contributed by atoms with van der Waals surface area (Å²) in [7, 11) is 0. The Morgan fingerprint density at radius 2 is 1.50 bits per heavy atom. The topological polar surface area (TPSA) is 83.0 Å². The first-order valence-electron chi connectivity index (χ1n) is 10.1. The number of nitrogens with zero attached hydrogens (tertiary/aromatic N) is 4. The third kappa shape index (κ3) is 3.35. The molecule has 0 atom stereocenters. The highest BCUT2D eigenvalue weighted by atomic mass is 16.6. The molecule has 0 saturated carbocycles. The van der Waals surface area contributed by atoms with Crippen LogP contribution in [0, 0.1) is 10.1 Å². The van der Waals surface area contributed by atoms with Crippen molar-refractivity contribution in [2.75, 3.05) is 0 Å². The predicted octanol–water partition coefficient (Wildman–Crippen LogP) is 4.81. The smallest absolute Gasteiger partial charge is 0.267 e. The molecule has 0 aliphatic heterocycles. The summed E-state index contributed by atoms with van der Waals surface area (Å²) in [5.74, 6) is 0. The highest BCUT2D eigenvalue weighted by molar-refractivity contribution is 5.92. The predicted molar refractivity (Wildman–Crippen MR) is 123 cm³/mol. The molecule has 0 radical (unpaired) electrons. The third-order valence-electron chi connectivity index (χ3n) is 5.39. The van der Waals surface area contributed by atoms with E-state index in [0.717, 1.165) is 22.4 Å². The highest BCUT2D eigenvalue weighted by Gasteiger charge is 2.20. The number of non-ortho nitro benzene ring substituents is 1. The number of hydrogen-bond acceptors (Lipinski definition) is 4. The number of hydrogen-bond donors (Lipinski definition) is 0. The van der Waals surface area contributed by atoms with Gasteiger partial charge < -0.3 is 0 Å². The molecule has 0 spiro atoms. The number of rotatable bonds is 5. The van der Waals surface area contributed by atoms with Crippen LogP contribution in [0.25, 0.3) is 27.8 Å². The van der Waals surface area contributed by atoms with Crippen molar-refractivity contribution in [1.29, 1.82) is 0 Å². The van der Waals surface area contributed by atoms with E-state index in [9.17, 15) is 14.9 Å². The summed E-state index contributed by atoms with van der Waals surface area (Å²) in [6.45, 7) is 0.330. The van der Waals surface area contributed by atoms with E-state index in [1.807, 2.05) is 71.4 Å². The van der Waals surface area contributed by atoms with Gasteiger partial charge in [-0.3, -0.25) is 19.6 Å². The Morgan fingerprint density at radius 1 is 0.844 bits per heavy atom. The van der Waals surface area contributed by atoms with Crippen molar-refractivity contribution in [3.05, 3.63) is 123 Å². The number of fused-ring (bicyclic) bond motifs is 1. The van der Waals surface area contributed by atoms with Crippen LogP contribution in [-0.4, -0.2) is 19.3 Å². The molecule has 5 rings (SSSR count). The van der Waals surface area contributed by atoms with Gasteiger partial charge in [-0.1, -0.05) is 60.7 Å². The summed E-state index contributed by atoms with van der Waals surface area (Å²) in [4.78, 5) is 28.8. The lowest BCUT2D eigenvalue weighted by atomic mass is 10.0. The summed E-state index contributed by atoms with van der Waals surface area (Å²) in [5, 5.41) is 11.5. The van der Waals surface area contributed by atoms with Gasteiger partial charge in [-0.2, -0.15) is 0 Å². The standard InChI is InChI=1S/C25H18N4O3/c30-25-23-22(19-7-3-1-4-8-19)15-16-26-24(23)27(28(25)20-9-5-2-6-10-20)17-18-11-13-21(14-12-18)29(31)32/h1-16H,17H2. The molecule has 0 unspecified atom stereocenters. The van der Waals surface area contributed by atoms with E-state index < -0.39 is 4.92 Å². The second-order valence-corrected chi connectivity index (χ2v) is 7.36. The molecule has 5 aromatic rings. The van der Waals surface area contributed by atoms with Gasteiger partial charge in [0.25, 0.3) is 11.2 Å². The van der Waals surface area contributed by atoms with Gasteiger partial charge in [0, 0.05) is 18.3 Å². The molecule has 32 heavy (non-hydrogen) atoms. The van der Waals surface area contributed by atoms with Gasteiger partial charge in [0.15, 0.2) is 5.65 Å². The van der Waals surface area contributed by atoms with Crippen LogP contribution in [0.4, 0.5) is 5.69 Å². The number of pyridine rings is 1. The maximum Gasteiger partial charge on any atom is 0.281 e. The number of nitro benzene ring substituents is 1. The Bertz CT molecular complexity index is 1470. The first-order valence-corrected chi connectivity index (χ1v) is 10.1. The van der Waals surface area contributed by atoms with Crippen molar-refractivity contribution >= 4 is 16.7 Å². The lowest BCUT2D eigenvalue weighted by molar-refractivity contribution is -0.384. The second-order valence-electron chi connectivity index (χ2n) is 7.36. The van der Waals surface area contributed by atoms with Crippen molar-refractivity contribution in [2.24, 2.45) is 0 Å². The van der Waals surface area contributed by atoms with Crippen LogP contribution in [-0.2, 0) is 6.54 Å². The Hall–Kier alpha value is -4.52. The maximum atomic E-state index is 13.7. The van der Waals surface area contributed by atoms with E-state index >= 15 is 0 Å². The SMILES string of the molecule is O=c1c2c(-c3ccccc3)ccnc2n(Cc2ccc([N+](=O)[O-])cc2)n1-c1ccccc1. The van der Waals surface area contributed by atoms with Crippen LogP contribution >= 0.6 is 0 Å². The molecule has 0 saturated heterocycles. The summed E-state index contributed by atoms with van der Waals surface area (Å²) in [5.41, 5.74) is 3.70. The molecular weight excluding hydrogens is 404 g/mol. The fraction of sp³-hybridized carbons (Fsp3) is 0.0400. The summed E-state index contributed by atoms with van der Waals surface area (Å²) >= 11 is 0. The monoisotopic (exact) mass is 422 g/mol. The first kappa shape index (κ1) is 19.4. The molecule has 2 heterocycles. The Labute approximate surface area is 183 Å². The molecule has 7 nitrogen and oxygen atoms in total. The Morgan fingerprint density at radius 3 is 2.16 bits per heavy atom. The van der Waals surface area contributed by atoms with Crippen molar-refractivity contribution in [2.45, 2.75) is 6.54 Å². The Kier molecular flexibility index (Phi) is 4.84. The zero-order valence-corrected chi connectivity index (χ0v) is 17.0. The largest absolute Gasteiger partial charge is 0.281 e. The number of benzene rings is 3. The van der Waals surface area contributed by atoms with Crippen molar-refractivity contribution < 1.29 is 4.92 Å². The van der Waals surface area contributed by atoms with Crippen molar-refractivity contribution in [3.8, 4) is 16.8 Å². The van der Waals surface area contributed by atoms with E-state index in [-0.39, 0.29) is 11.2 Å². The van der Waals surface area contributed by atoms with Gasteiger partial charge in [-0.25, -0.2) is 9.67 Å². The second kappa shape index (κ2) is 7.96. The molecule has 0 N–H and O–H groups in total. The highest BCUT2D eigenvalue weighted by Crippen LogP contribution is 2.27. The minimum absolute atomic E-state index is 0.0241. The van der Waals surface area contributed by atoms with E-state index in [0.29, 0.717) is 17.6 Å². The van der Waals surface area contributed by atoms with Crippen LogP contribution < -0.4 is 5.56 Å². The van der Waals surface area contributed by atoms with Crippen LogP contribution in [0.15, 0.2) is 102 Å². The third-order valence-corrected chi connectivity index (χ3v) is 5.39.